The lowest BCUT2D eigenvalue weighted by atomic mass is 10.2. The van der Waals surface area contributed by atoms with Gasteiger partial charge in [-0.2, -0.15) is 0 Å². The van der Waals surface area contributed by atoms with E-state index >= 15 is 0 Å². The molecule has 0 aliphatic rings. The zero-order chi connectivity index (χ0) is 17.6. The lowest BCUT2D eigenvalue weighted by Gasteiger charge is -2.29. The Morgan fingerprint density at radius 3 is 2.22 bits per heavy atom. The average molecular weight is 401 g/mol. The maximum atomic E-state index is 13.0. The van der Waals surface area contributed by atoms with Crippen molar-refractivity contribution in [3.05, 3.63) is 39.9 Å². The van der Waals surface area contributed by atoms with Gasteiger partial charge in [0.1, 0.15) is 5.78 Å². The van der Waals surface area contributed by atoms with Gasteiger partial charge in [-0.25, -0.2) is 0 Å². The summed E-state index contributed by atoms with van der Waals surface area (Å²) in [6.07, 6.45) is 1.65. The van der Waals surface area contributed by atoms with Crippen molar-refractivity contribution in [2.45, 2.75) is 19.6 Å². The minimum atomic E-state index is -3.38. The van der Waals surface area contributed by atoms with Crippen LogP contribution >= 0.6 is 42.4 Å². The average Bonchev–Trinajstić information content (AvgIpc) is 2.47. The van der Waals surface area contributed by atoms with Gasteiger partial charge in [-0.1, -0.05) is 40.9 Å². The smallest absolute Gasteiger partial charge is 0.308 e. The first kappa shape index (κ1) is 21.0. The molecule has 1 unspecified atom stereocenters. The van der Waals surface area contributed by atoms with Crippen LogP contribution < -0.4 is 0 Å². The molecule has 0 saturated carbocycles. The zero-order valence-corrected chi connectivity index (χ0v) is 16.7. The molecule has 0 saturated heterocycles. The van der Waals surface area contributed by atoms with Gasteiger partial charge in [-0.3, -0.25) is 9.46 Å². The Kier molecular flexibility index (Phi) is 8.60. The molecule has 0 bridgehead atoms. The molecular formula is C15H21Cl3NO3P. The van der Waals surface area contributed by atoms with E-state index in [1.807, 2.05) is 0 Å². The van der Waals surface area contributed by atoms with E-state index in [1.165, 1.54) is 0 Å². The molecule has 0 aliphatic carbocycles. The highest BCUT2D eigenvalue weighted by Crippen LogP contribution is 2.54. The molecule has 0 fully saturated rings. The van der Waals surface area contributed by atoms with Crippen molar-refractivity contribution in [2.75, 3.05) is 27.3 Å². The number of hydrogen-bond donors (Lipinski definition) is 0. The molecule has 0 aromatic heterocycles. The molecule has 1 rings (SSSR count). The molecule has 1 aromatic carbocycles. The SMILES string of the molecule is CCOP(=O)(OCC)C(C=C(Cl)c1ccc(Cl)c(Cl)c1)N(C)C. The van der Waals surface area contributed by atoms with Crippen molar-refractivity contribution in [3.63, 3.8) is 0 Å². The summed E-state index contributed by atoms with van der Waals surface area (Å²) < 4.78 is 23.8. The third kappa shape index (κ3) is 5.75. The fourth-order valence-electron chi connectivity index (χ4n) is 1.94. The Morgan fingerprint density at radius 1 is 1.22 bits per heavy atom. The van der Waals surface area contributed by atoms with Crippen LogP contribution in [-0.4, -0.2) is 38.0 Å². The van der Waals surface area contributed by atoms with Gasteiger partial charge in [0.05, 0.1) is 23.3 Å². The number of rotatable bonds is 8. The molecule has 0 amide bonds. The van der Waals surface area contributed by atoms with E-state index in [9.17, 15) is 4.57 Å². The van der Waals surface area contributed by atoms with E-state index < -0.39 is 13.4 Å². The van der Waals surface area contributed by atoms with Crippen LogP contribution in [0.2, 0.25) is 10.0 Å². The largest absolute Gasteiger partial charge is 0.351 e. The van der Waals surface area contributed by atoms with Crippen LogP contribution in [0.1, 0.15) is 19.4 Å². The Balaban J connectivity index is 3.23. The van der Waals surface area contributed by atoms with E-state index in [0.29, 0.717) is 20.6 Å². The standard InChI is InChI=1S/C15H21Cl3NO3P/c1-5-21-23(20,22-6-2)15(19(3)4)10-13(17)11-7-8-12(16)14(18)9-11/h7-10,15H,5-6H2,1-4H3. The van der Waals surface area contributed by atoms with Crippen molar-refractivity contribution in [2.24, 2.45) is 0 Å². The highest BCUT2D eigenvalue weighted by atomic mass is 35.5. The fraction of sp³-hybridized carbons (Fsp3) is 0.467. The van der Waals surface area contributed by atoms with Gasteiger partial charge < -0.3 is 9.05 Å². The molecule has 4 nitrogen and oxygen atoms in total. The number of benzene rings is 1. The molecule has 23 heavy (non-hydrogen) atoms. The van der Waals surface area contributed by atoms with Crippen LogP contribution in [0.5, 0.6) is 0 Å². The summed E-state index contributed by atoms with van der Waals surface area (Å²) in [4.78, 5) is 1.74. The minimum Gasteiger partial charge on any atom is -0.308 e. The van der Waals surface area contributed by atoms with Crippen molar-refractivity contribution in [3.8, 4) is 0 Å². The van der Waals surface area contributed by atoms with Crippen molar-refractivity contribution < 1.29 is 13.6 Å². The van der Waals surface area contributed by atoms with Crippen LogP contribution in [-0.2, 0) is 13.6 Å². The van der Waals surface area contributed by atoms with E-state index in [2.05, 4.69) is 0 Å². The molecule has 1 aromatic rings. The van der Waals surface area contributed by atoms with Gasteiger partial charge in [0.2, 0.25) is 0 Å². The molecule has 130 valence electrons. The van der Waals surface area contributed by atoms with Crippen LogP contribution in [0.3, 0.4) is 0 Å². The number of halogens is 3. The second kappa shape index (κ2) is 9.43. The van der Waals surface area contributed by atoms with Gasteiger partial charge in [-0.15, -0.1) is 0 Å². The molecule has 8 heteroatoms. The molecule has 0 radical (unpaired) electrons. The summed E-state index contributed by atoms with van der Waals surface area (Å²) in [7, 11) is 0.190. The lowest BCUT2D eigenvalue weighted by molar-refractivity contribution is 0.196. The lowest BCUT2D eigenvalue weighted by Crippen LogP contribution is -2.28. The Bertz CT molecular complexity index is 598. The number of nitrogens with zero attached hydrogens (tertiary/aromatic N) is 1. The molecular weight excluding hydrogens is 380 g/mol. The van der Waals surface area contributed by atoms with E-state index in [0.717, 1.165) is 0 Å². The van der Waals surface area contributed by atoms with Crippen LogP contribution in [0.15, 0.2) is 24.3 Å². The number of likely N-dealkylation sites (N-methyl/N-ethyl adjacent to an activating group) is 1. The first-order chi connectivity index (χ1) is 10.7. The molecule has 0 N–H and O–H groups in total. The summed E-state index contributed by atoms with van der Waals surface area (Å²) in [5, 5.41) is 1.23. The van der Waals surface area contributed by atoms with Gasteiger partial charge >= 0.3 is 7.60 Å². The van der Waals surface area contributed by atoms with Crippen LogP contribution in [0, 0.1) is 0 Å². The maximum Gasteiger partial charge on any atom is 0.351 e. The van der Waals surface area contributed by atoms with E-state index in [1.54, 1.807) is 57.1 Å². The maximum absolute atomic E-state index is 13.0. The first-order valence-electron chi connectivity index (χ1n) is 7.13. The van der Waals surface area contributed by atoms with Crippen molar-refractivity contribution in [1.29, 1.82) is 0 Å². The Hall–Kier alpha value is -0.0600. The third-order valence-corrected chi connectivity index (χ3v) is 6.54. The molecule has 0 spiro atoms. The van der Waals surface area contributed by atoms with Gasteiger partial charge in [0, 0.05) is 5.03 Å². The van der Waals surface area contributed by atoms with E-state index in [4.69, 9.17) is 43.9 Å². The quantitative estimate of drug-likeness (QED) is 0.523. The molecule has 0 aliphatic heterocycles. The predicted octanol–water partition coefficient (Wildman–Crippen LogP) is 5.73. The normalized spacial score (nSPS) is 14.3. The fourth-order valence-corrected chi connectivity index (χ4v) is 4.56. The Morgan fingerprint density at radius 2 is 1.78 bits per heavy atom. The van der Waals surface area contributed by atoms with Gasteiger partial charge in [0.15, 0.2) is 0 Å². The zero-order valence-electron chi connectivity index (χ0n) is 13.6. The molecule has 0 heterocycles. The predicted molar refractivity (Wildman–Crippen MR) is 98.6 cm³/mol. The molecule has 1 atom stereocenters. The topological polar surface area (TPSA) is 38.8 Å². The van der Waals surface area contributed by atoms with Crippen molar-refractivity contribution >= 4 is 47.4 Å². The summed E-state index contributed by atoms with van der Waals surface area (Å²) in [5.41, 5.74) is 0.674. The second-order valence-electron chi connectivity index (χ2n) is 4.90. The highest BCUT2D eigenvalue weighted by Gasteiger charge is 2.36. The first-order valence-corrected chi connectivity index (χ1v) is 9.87. The van der Waals surface area contributed by atoms with Gasteiger partial charge in [-0.05, 0) is 51.7 Å². The number of hydrogen-bond acceptors (Lipinski definition) is 4. The Labute approximate surface area is 152 Å². The summed E-state index contributed by atoms with van der Waals surface area (Å²) in [6, 6.07) is 5.05. The second-order valence-corrected chi connectivity index (χ2v) is 8.24. The third-order valence-electron chi connectivity index (χ3n) is 2.96. The summed E-state index contributed by atoms with van der Waals surface area (Å²) in [5.74, 6) is -0.621. The summed E-state index contributed by atoms with van der Waals surface area (Å²) >= 11 is 18.3. The van der Waals surface area contributed by atoms with E-state index in [-0.39, 0.29) is 13.2 Å². The monoisotopic (exact) mass is 399 g/mol. The summed E-state index contributed by atoms with van der Waals surface area (Å²) in [6.45, 7) is 4.09. The van der Waals surface area contributed by atoms with Crippen LogP contribution in [0.25, 0.3) is 5.03 Å². The van der Waals surface area contributed by atoms with Crippen molar-refractivity contribution in [1.82, 2.24) is 4.90 Å². The highest BCUT2D eigenvalue weighted by molar-refractivity contribution is 7.54. The van der Waals surface area contributed by atoms with Crippen LogP contribution in [0.4, 0.5) is 0 Å². The van der Waals surface area contributed by atoms with Gasteiger partial charge in [0.25, 0.3) is 0 Å². The minimum absolute atomic E-state index is 0.278.